The van der Waals surface area contributed by atoms with Gasteiger partial charge in [0.15, 0.2) is 11.5 Å². The molecule has 4 rings (SSSR count). The maximum Gasteiger partial charge on any atom is 0.243 e. The summed E-state index contributed by atoms with van der Waals surface area (Å²) in [6.45, 7) is 3.71. The Morgan fingerprint density at radius 3 is 2.44 bits per heavy atom. The van der Waals surface area contributed by atoms with Gasteiger partial charge < -0.3 is 20.1 Å². The van der Waals surface area contributed by atoms with E-state index in [-0.39, 0.29) is 30.2 Å². The molecule has 36 heavy (non-hydrogen) atoms. The highest BCUT2D eigenvalue weighted by Gasteiger charge is 2.30. The van der Waals surface area contributed by atoms with Gasteiger partial charge in [0.25, 0.3) is 0 Å². The summed E-state index contributed by atoms with van der Waals surface area (Å²) in [5, 5.41) is 5.70. The molecule has 1 aliphatic heterocycles. The molecule has 2 aromatic rings. The Kier molecular flexibility index (Phi) is 8.25. The number of benzene rings is 2. The number of ether oxygens (including phenoxy) is 2. The number of aryl methyl sites for hydroxylation is 1. The fraction of sp³-hybridized carbons (Fsp3) is 0.423. The summed E-state index contributed by atoms with van der Waals surface area (Å²) < 4.78 is 23.3. The van der Waals surface area contributed by atoms with Gasteiger partial charge in [-0.3, -0.25) is 23.5 Å². The molecule has 9 nitrogen and oxygen atoms in total. The molecule has 10 heteroatoms. The predicted molar refractivity (Wildman–Crippen MR) is 138 cm³/mol. The van der Waals surface area contributed by atoms with E-state index in [0.29, 0.717) is 22.9 Å². The molecule has 2 unspecified atom stereocenters. The molecule has 0 bridgehead atoms. The fourth-order valence-corrected chi connectivity index (χ4v) is 5.26. The number of hydrogen-bond donors (Lipinski definition) is 2. The van der Waals surface area contributed by atoms with E-state index in [1.807, 2.05) is 19.1 Å². The Morgan fingerprint density at radius 1 is 1.03 bits per heavy atom. The van der Waals surface area contributed by atoms with Crippen LogP contribution in [0.1, 0.15) is 38.2 Å². The second kappa shape index (κ2) is 11.6. The maximum atomic E-state index is 13.3. The van der Waals surface area contributed by atoms with Gasteiger partial charge in [-0.1, -0.05) is 30.5 Å². The van der Waals surface area contributed by atoms with Gasteiger partial charge in [0.2, 0.25) is 24.5 Å². The number of anilines is 2. The van der Waals surface area contributed by atoms with E-state index in [0.717, 1.165) is 31.2 Å². The van der Waals surface area contributed by atoms with Crippen LogP contribution in [-0.4, -0.2) is 52.3 Å². The highest BCUT2D eigenvalue weighted by atomic mass is 32.2. The average Bonchev–Trinajstić information content (AvgIpc) is 3.51. The minimum Gasteiger partial charge on any atom is -0.454 e. The number of nitrogens with zero attached hydrogens (tertiary/aromatic N) is 1. The molecular weight excluding hydrogens is 482 g/mol. The van der Waals surface area contributed by atoms with Crippen molar-refractivity contribution in [3.05, 3.63) is 48.0 Å². The monoisotopic (exact) mass is 513 g/mol. The summed E-state index contributed by atoms with van der Waals surface area (Å²) in [6.07, 6.45) is 4.01. The highest BCUT2D eigenvalue weighted by Crippen LogP contribution is 2.34. The van der Waals surface area contributed by atoms with Crippen LogP contribution in [0, 0.1) is 6.92 Å². The number of amides is 3. The predicted octanol–water partition coefficient (Wildman–Crippen LogP) is 2.89. The smallest absolute Gasteiger partial charge is 0.243 e. The lowest BCUT2D eigenvalue weighted by Gasteiger charge is -2.29. The van der Waals surface area contributed by atoms with Gasteiger partial charge >= 0.3 is 0 Å². The van der Waals surface area contributed by atoms with E-state index in [1.165, 1.54) is 4.90 Å². The first kappa shape index (κ1) is 25.7. The molecule has 1 aliphatic carbocycles. The standard InChI is InChI=1S/C26H31N3O6S/c1-17-7-10-21(11-8-17)29(18(2)26(32)28-19-5-3-4-6-19)25(31)15-36(33)14-24(30)27-20-9-12-22-23(13-20)35-16-34-22/h7-13,18-19H,3-6,14-16H2,1-2H3,(H,27,30)(H,28,32). The van der Waals surface area contributed by atoms with E-state index in [1.54, 1.807) is 37.3 Å². The minimum atomic E-state index is -1.78. The zero-order valence-electron chi connectivity index (χ0n) is 20.5. The molecule has 0 aromatic heterocycles. The molecule has 192 valence electrons. The topological polar surface area (TPSA) is 114 Å². The minimum absolute atomic E-state index is 0.115. The van der Waals surface area contributed by atoms with Crippen LogP contribution in [-0.2, 0) is 25.2 Å². The van der Waals surface area contributed by atoms with Crippen LogP contribution in [0.4, 0.5) is 11.4 Å². The first-order chi connectivity index (χ1) is 17.3. The van der Waals surface area contributed by atoms with Crippen LogP contribution < -0.4 is 25.0 Å². The van der Waals surface area contributed by atoms with Crippen molar-refractivity contribution in [1.82, 2.24) is 5.32 Å². The van der Waals surface area contributed by atoms with E-state index in [2.05, 4.69) is 10.6 Å². The quantitative estimate of drug-likeness (QED) is 0.533. The van der Waals surface area contributed by atoms with Crippen LogP contribution in [0.15, 0.2) is 42.5 Å². The number of hydrogen-bond acceptors (Lipinski definition) is 6. The third kappa shape index (κ3) is 6.42. The van der Waals surface area contributed by atoms with Crippen molar-refractivity contribution < 1.29 is 28.1 Å². The van der Waals surface area contributed by atoms with Crippen molar-refractivity contribution in [2.75, 3.05) is 28.5 Å². The Morgan fingerprint density at radius 2 is 1.72 bits per heavy atom. The molecule has 2 aliphatic rings. The van der Waals surface area contributed by atoms with Crippen molar-refractivity contribution in [2.24, 2.45) is 0 Å². The summed E-state index contributed by atoms with van der Waals surface area (Å²) in [5.41, 5.74) is 2.03. The number of carbonyl (C=O) groups is 3. The normalized spacial score (nSPS) is 16.3. The number of rotatable bonds is 9. The van der Waals surface area contributed by atoms with Crippen molar-refractivity contribution in [2.45, 2.75) is 51.6 Å². The second-order valence-electron chi connectivity index (χ2n) is 9.11. The highest BCUT2D eigenvalue weighted by molar-refractivity contribution is 7.86. The Labute approximate surface area is 213 Å². The van der Waals surface area contributed by atoms with Crippen LogP contribution in [0.25, 0.3) is 0 Å². The van der Waals surface area contributed by atoms with E-state index in [9.17, 15) is 18.6 Å². The van der Waals surface area contributed by atoms with Gasteiger partial charge in [-0.15, -0.1) is 0 Å². The van der Waals surface area contributed by atoms with Gasteiger partial charge in [-0.05, 0) is 51.0 Å². The molecule has 1 saturated carbocycles. The van der Waals surface area contributed by atoms with Crippen molar-refractivity contribution in [1.29, 1.82) is 0 Å². The molecular formula is C26H31N3O6S. The largest absolute Gasteiger partial charge is 0.454 e. The van der Waals surface area contributed by atoms with Gasteiger partial charge in [0, 0.05) is 34.3 Å². The first-order valence-electron chi connectivity index (χ1n) is 12.0. The van der Waals surface area contributed by atoms with Crippen LogP contribution in [0.5, 0.6) is 11.5 Å². The molecule has 0 saturated heterocycles. The molecule has 2 aromatic carbocycles. The SMILES string of the molecule is Cc1ccc(N(C(=O)CS(=O)CC(=O)Nc2ccc3c(c2)OCO3)C(C)C(=O)NC2CCCC2)cc1. The molecule has 0 spiro atoms. The molecule has 2 N–H and O–H groups in total. The zero-order chi connectivity index (χ0) is 25.7. The summed E-state index contributed by atoms with van der Waals surface area (Å²) in [4.78, 5) is 40.1. The molecule has 1 heterocycles. The van der Waals surface area contributed by atoms with Crippen LogP contribution in [0.2, 0.25) is 0 Å². The number of nitrogens with one attached hydrogen (secondary N) is 2. The third-order valence-electron chi connectivity index (χ3n) is 6.28. The lowest BCUT2D eigenvalue weighted by Crippen LogP contribution is -2.51. The Hall–Kier alpha value is -3.40. The Bertz CT molecular complexity index is 1150. The van der Waals surface area contributed by atoms with Gasteiger partial charge in [-0.25, -0.2) is 0 Å². The Balaban J connectivity index is 1.39. The van der Waals surface area contributed by atoms with Crippen molar-refractivity contribution in [3.8, 4) is 11.5 Å². The summed E-state index contributed by atoms with van der Waals surface area (Å²) in [7, 11) is -1.78. The third-order valence-corrected chi connectivity index (χ3v) is 7.44. The van der Waals surface area contributed by atoms with Crippen LogP contribution >= 0.6 is 0 Å². The lowest BCUT2D eigenvalue weighted by atomic mass is 10.1. The van der Waals surface area contributed by atoms with Crippen LogP contribution in [0.3, 0.4) is 0 Å². The fourth-order valence-electron chi connectivity index (χ4n) is 4.37. The van der Waals surface area contributed by atoms with E-state index >= 15 is 0 Å². The number of carbonyl (C=O) groups excluding carboxylic acids is 3. The van der Waals surface area contributed by atoms with E-state index in [4.69, 9.17) is 9.47 Å². The summed E-state index contributed by atoms with van der Waals surface area (Å²) in [6, 6.07) is 11.5. The second-order valence-corrected chi connectivity index (χ2v) is 10.6. The molecule has 1 fully saturated rings. The van der Waals surface area contributed by atoms with Gasteiger partial charge in [-0.2, -0.15) is 0 Å². The van der Waals surface area contributed by atoms with Gasteiger partial charge in [0.05, 0.1) is 0 Å². The zero-order valence-corrected chi connectivity index (χ0v) is 21.3. The first-order valence-corrected chi connectivity index (χ1v) is 13.5. The summed E-state index contributed by atoms with van der Waals surface area (Å²) >= 11 is 0. The maximum absolute atomic E-state index is 13.3. The molecule has 3 amide bonds. The van der Waals surface area contributed by atoms with Crippen molar-refractivity contribution >= 4 is 39.9 Å². The number of fused-ring (bicyclic) bond motifs is 1. The molecule has 2 atom stereocenters. The average molecular weight is 514 g/mol. The van der Waals surface area contributed by atoms with Crippen molar-refractivity contribution in [3.63, 3.8) is 0 Å². The summed E-state index contributed by atoms with van der Waals surface area (Å²) in [5.74, 6) is -0.862. The van der Waals surface area contributed by atoms with Gasteiger partial charge in [0.1, 0.15) is 17.5 Å². The van der Waals surface area contributed by atoms with E-state index < -0.39 is 28.7 Å². The lowest BCUT2D eigenvalue weighted by molar-refractivity contribution is -0.125. The molecule has 0 radical (unpaired) electrons.